The van der Waals surface area contributed by atoms with Crippen molar-refractivity contribution in [1.29, 1.82) is 0 Å². The Balaban J connectivity index is 2.51. The molecular weight excluding hydrogens is 306 g/mol. The van der Waals surface area contributed by atoms with Crippen LogP contribution in [0, 0.1) is 0 Å². The summed E-state index contributed by atoms with van der Waals surface area (Å²) in [6.07, 6.45) is 3.23. The smallest absolute Gasteiger partial charge is 0.264 e. The molecule has 20 heavy (non-hydrogen) atoms. The number of hydrogen-bond donors (Lipinski definition) is 2. The van der Waals surface area contributed by atoms with Crippen LogP contribution in [0.2, 0.25) is 0 Å². The molecule has 0 atom stereocenters. The molecular formula is C10H11N3O5S2. The number of nitrogens with two attached hydrogens (primary N) is 1. The van der Waals surface area contributed by atoms with E-state index >= 15 is 0 Å². The van der Waals surface area contributed by atoms with Crippen molar-refractivity contribution in [3.05, 3.63) is 30.7 Å². The number of rotatable bonds is 4. The number of nitrogen functional groups attached to an aromatic ring is 1. The Morgan fingerprint density at radius 3 is 2.50 bits per heavy atom. The van der Waals surface area contributed by atoms with Gasteiger partial charge in [-0.2, -0.15) is 0 Å². The minimum Gasteiger partial charge on any atom is -0.398 e. The lowest BCUT2D eigenvalue weighted by Gasteiger charge is -2.09. The molecule has 10 heteroatoms. The van der Waals surface area contributed by atoms with Gasteiger partial charge in [-0.3, -0.25) is 4.72 Å². The Morgan fingerprint density at radius 1 is 1.25 bits per heavy atom. The summed E-state index contributed by atoms with van der Waals surface area (Å²) in [4.78, 5) is -0.473. The van der Waals surface area contributed by atoms with E-state index < -0.39 is 19.9 Å². The van der Waals surface area contributed by atoms with E-state index in [4.69, 9.17) is 5.73 Å². The summed E-state index contributed by atoms with van der Waals surface area (Å²) >= 11 is 0. The van der Waals surface area contributed by atoms with Crippen molar-refractivity contribution in [2.45, 2.75) is 9.79 Å². The molecule has 0 radical (unpaired) electrons. The molecule has 0 aliphatic carbocycles. The molecule has 2 aromatic rings. The fourth-order valence-corrected chi connectivity index (χ4v) is 3.35. The highest BCUT2D eigenvalue weighted by Crippen LogP contribution is 2.24. The standard InChI is InChI=1S/C10H11N3O5S2/c1-19(14,15)8-2-3-9(11)10(4-8)20(16,17)13-7-5-12-18-6-7/h2-6,13H,11H2,1H3. The third kappa shape index (κ3) is 2.91. The summed E-state index contributed by atoms with van der Waals surface area (Å²) in [5.41, 5.74) is 5.63. The number of benzene rings is 1. The van der Waals surface area contributed by atoms with Gasteiger partial charge >= 0.3 is 0 Å². The zero-order valence-corrected chi connectivity index (χ0v) is 11.9. The molecule has 1 aromatic carbocycles. The lowest BCUT2D eigenvalue weighted by molar-refractivity contribution is 0.420. The maximum absolute atomic E-state index is 12.1. The van der Waals surface area contributed by atoms with Crippen LogP contribution in [0.1, 0.15) is 0 Å². The third-order valence-corrected chi connectivity index (χ3v) is 4.93. The minimum atomic E-state index is -4.04. The van der Waals surface area contributed by atoms with Gasteiger partial charge in [-0.25, -0.2) is 16.8 Å². The molecule has 8 nitrogen and oxygen atoms in total. The first kappa shape index (κ1) is 14.3. The molecule has 0 saturated carbocycles. The minimum absolute atomic E-state index is 0.0682. The van der Waals surface area contributed by atoms with Gasteiger partial charge in [0.15, 0.2) is 9.84 Å². The first-order valence-corrected chi connectivity index (χ1v) is 8.59. The summed E-state index contributed by atoms with van der Waals surface area (Å²) < 4.78 is 53.9. The predicted octanol–water partition coefficient (Wildman–Crippen LogP) is 0.461. The number of aromatic nitrogens is 1. The quantitative estimate of drug-likeness (QED) is 0.783. The van der Waals surface area contributed by atoms with Crippen molar-refractivity contribution in [1.82, 2.24) is 5.16 Å². The molecule has 1 aromatic heterocycles. The van der Waals surface area contributed by atoms with E-state index in [1.807, 2.05) is 0 Å². The van der Waals surface area contributed by atoms with Crippen LogP contribution in [0.25, 0.3) is 0 Å². The topological polar surface area (TPSA) is 132 Å². The Morgan fingerprint density at radius 2 is 1.95 bits per heavy atom. The first-order chi connectivity index (χ1) is 9.20. The van der Waals surface area contributed by atoms with Crippen LogP contribution >= 0.6 is 0 Å². The summed E-state index contributed by atoms with van der Waals surface area (Å²) in [5, 5.41) is 3.35. The molecule has 3 N–H and O–H groups in total. The largest absolute Gasteiger partial charge is 0.398 e. The molecule has 0 saturated heterocycles. The molecule has 0 bridgehead atoms. The predicted molar refractivity (Wildman–Crippen MR) is 71.3 cm³/mol. The van der Waals surface area contributed by atoms with Crippen molar-refractivity contribution >= 4 is 31.2 Å². The van der Waals surface area contributed by atoms with Crippen molar-refractivity contribution in [3.8, 4) is 0 Å². The summed E-state index contributed by atoms with van der Waals surface area (Å²) in [7, 11) is -7.58. The fourth-order valence-electron chi connectivity index (χ4n) is 1.44. The molecule has 0 amide bonds. The van der Waals surface area contributed by atoms with Gasteiger partial charge in [-0.15, -0.1) is 0 Å². The molecule has 108 valence electrons. The van der Waals surface area contributed by atoms with Crippen molar-refractivity contribution < 1.29 is 21.4 Å². The second-order valence-corrected chi connectivity index (χ2v) is 7.66. The highest BCUT2D eigenvalue weighted by molar-refractivity contribution is 7.93. The Labute approximate surface area is 115 Å². The highest BCUT2D eigenvalue weighted by Gasteiger charge is 2.21. The number of hydrogen-bond acceptors (Lipinski definition) is 7. The van der Waals surface area contributed by atoms with Crippen LogP contribution in [-0.4, -0.2) is 28.2 Å². The zero-order chi connectivity index (χ0) is 15.0. The number of nitrogens with one attached hydrogen (secondary N) is 1. The zero-order valence-electron chi connectivity index (χ0n) is 10.3. The van der Waals surface area contributed by atoms with Gasteiger partial charge in [0.25, 0.3) is 10.0 Å². The van der Waals surface area contributed by atoms with Gasteiger partial charge in [0.05, 0.1) is 16.8 Å². The van der Waals surface area contributed by atoms with Crippen LogP contribution in [0.3, 0.4) is 0 Å². The van der Waals surface area contributed by atoms with Crippen LogP contribution < -0.4 is 10.5 Å². The van der Waals surface area contributed by atoms with E-state index in [1.54, 1.807) is 0 Å². The second kappa shape index (κ2) is 4.80. The molecule has 0 aliphatic heterocycles. The fraction of sp³-hybridized carbons (Fsp3) is 0.100. The van der Waals surface area contributed by atoms with Crippen LogP contribution in [0.4, 0.5) is 11.4 Å². The van der Waals surface area contributed by atoms with Crippen LogP contribution in [0.5, 0.6) is 0 Å². The van der Waals surface area contributed by atoms with E-state index in [0.717, 1.165) is 24.8 Å². The van der Waals surface area contributed by atoms with Gasteiger partial charge in [0.2, 0.25) is 0 Å². The van der Waals surface area contributed by atoms with Crippen molar-refractivity contribution in [2.24, 2.45) is 0 Å². The second-order valence-electron chi connectivity index (χ2n) is 3.99. The average Bonchev–Trinajstić information content (AvgIpc) is 2.79. The van der Waals surface area contributed by atoms with E-state index in [-0.39, 0.29) is 21.2 Å². The summed E-state index contributed by atoms with van der Waals surface area (Å²) in [6, 6.07) is 3.46. The molecule has 0 aliphatic rings. The van der Waals surface area contributed by atoms with Crippen molar-refractivity contribution in [3.63, 3.8) is 0 Å². The van der Waals surface area contributed by atoms with Gasteiger partial charge in [-0.1, -0.05) is 5.16 Å². The SMILES string of the molecule is CS(=O)(=O)c1ccc(N)c(S(=O)(=O)Nc2cnoc2)c1. The van der Waals surface area contributed by atoms with Crippen molar-refractivity contribution in [2.75, 3.05) is 16.7 Å². The number of sulfonamides is 1. The van der Waals surface area contributed by atoms with Gasteiger partial charge in [0, 0.05) is 6.26 Å². The summed E-state index contributed by atoms with van der Waals surface area (Å²) in [5.74, 6) is 0. The molecule has 0 fully saturated rings. The first-order valence-electron chi connectivity index (χ1n) is 5.22. The Bertz CT molecular complexity index is 826. The van der Waals surface area contributed by atoms with E-state index in [2.05, 4.69) is 14.4 Å². The normalized spacial score (nSPS) is 12.2. The Hall–Kier alpha value is -2.07. The number of sulfone groups is 1. The molecule has 0 spiro atoms. The van der Waals surface area contributed by atoms with E-state index in [0.29, 0.717) is 0 Å². The van der Waals surface area contributed by atoms with Gasteiger partial charge < -0.3 is 10.3 Å². The van der Waals surface area contributed by atoms with E-state index in [9.17, 15) is 16.8 Å². The van der Waals surface area contributed by atoms with Gasteiger partial charge in [-0.05, 0) is 18.2 Å². The molecule has 1 heterocycles. The number of anilines is 2. The van der Waals surface area contributed by atoms with Crippen LogP contribution in [-0.2, 0) is 19.9 Å². The average molecular weight is 317 g/mol. The highest BCUT2D eigenvalue weighted by atomic mass is 32.2. The summed E-state index contributed by atoms with van der Waals surface area (Å²) in [6.45, 7) is 0. The molecule has 2 rings (SSSR count). The number of nitrogens with zero attached hydrogens (tertiary/aromatic N) is 1. The lowest BCUT2D eigenvalue weighted by atomic mass is 10.3. The van der Waals surface area contributed by atoms with Crippen LogP contribution in [0.15, 0.2) is 45.0 Å². The lowest BCUT2D eigenvalue weighted by Crippen LogP contribution is -2.15. The van der Waals surface area contributed by atoms with E-state index in [1.165, 1.54) is 12.1 Å². The maximum atomic E-state index is 12.1. The Kier molecular flexibility index (Phi) is 3.44. The monoisotopic (exact) mass is 317 g/mol. The molecule has 0 unspecified atom stereocenters. The maximum Gasteiger partial charge on any atom is 0.264 e. The van der Waals surface area contributed by atoms with Gasteiger partial charge in [0.1, 0.15) is 16.8 Å². The third-order valence-electron chi connectivity index (χ3n) is 2.39.